The number of para-hydroxylation sites is 1. The number of carbonyl (C=O) groups is 3. The van der Waals surface area contributed by atoms with Gasteiger partial charge in [0.2, 0.25) is 11.8 Å². The summed E-state index contributed by atoms with van der Waals surface area (Å²) in [6, 6.07) is 6.09. The summed E-state index contributed by atoms with van der Waals surface area (Å²) in [5.41, 5.74) is 1.53. The van der Waals surface area contributed by atoms with Gasteiger partial charge < -0.3 is 19.6 Å². The highest BCUT2D eigenvalue weighted by atomic mass is 32.2. The lowest BCUT2D eigenvalue weighted by Crippen LogP contribution is -2.58. The normalized spacial score (nSPS) is 33.2. The van der Waals surface area contributed by atoms with E-state index >= 15 is 0 Å². The summed E-state index contributed by atoms with van der Waals surface area (Å²) < 4.78 is 5.58. The fourth-order valence-electron chi connectivity index (χ4n) is 6.96. The topological polar surface area (TPSA) is 118 Å². The summed E-state index contributed by atoms with van der Waals surface area (Å²) in [6.07, 6.45) is 9.25. The maximum atomic E-state index is 14.6. The first-order valence-electron chi connectivity index (χ1n) is 14.0. The largest absolute Gasteiger partial charge is 0.465 e. The Hall–Kier alpha value is -3.18. The van der Waals surface area contributed by atoms with Crippen molar-refractivity contribution in [3.05, 3.63) is 48.6 Å². The zero-order chi connectivity index (χ0) is 28.2. The third-order valence-corrected chi connectivity index (χ3v) is 10.9. The molecule has 2 saturated heterocycles. The first kappa shape index (κ1) is 27.0. The molecule has 6 rings (SSSR count). The fraction of sp³-hybridized carbons (Fsp3) is 0.552. The molecule has 1 aromatic carbocycles. The van der Waals surface area contributed by atoms with E-state index in [0.29, 0.717) is 13.0 Å². The highest BCUT2D eigenvalue weighted by Crippen LogP contribution is 2.65. The fourth-order valence-corrected chi connectivity index (χ4v) is 9.10. The number of ether oxygens (including phenoxy) is 1. The summed E-state index contributed by atoms with van der Waals surface area (Å²) in [5.74, 6) is -2.53. The number of hydrogen-bond donors (Lipinski definition) is 1. The number of amides is 2. The number of likely N-dealkylation sites (tertiary alicyclic amines) is 1. The zero-order valence-electron chi connectivity index (χ0n) is 23.0. The van der Waals surface area contributed by atoms with Crippen LogP contribution in [0.2, 0.25) is 0 Å². The molecular weight excluding hydrogens is 530 g/mol. The Labute approximate surface area is 237 Å². The molecule has 1 aromatic heterocycles. The van der Waals surface area contributed by atoms with Crippen LogP contribution in [-0.2, 0) is 25.8 Å². The minimum atomic E-state index is -0.999. The predicted octanol–water partition coefficient (Wildman–Crippen LogP) is 2.38. The van der Waals surface area contributed by atoms with Gasteiger partial charge in [0.25, 0.3) is 0 Å². The molecule has 2 aromatic rings. The molecule has 0 bridgehead atoms. The van der Waals surface area contributed by atoms with E-state index < -0.39 is 39.4 Å². The number of aromatic nitrogens is 3. The number of aliphatic hydroxyl groups excluding tert-OH is 1. The monoisotopic (exact) mass is 565 g/mol. The Morgan fingerprint density at radius 2 is 1.95 bits per heavy atom. The van der Waals surface area contributed by atoms with Gasteiger partial charge in [-0.3, -0.25) is 14.4 Å². The van der Waals surface area contributed by atoms with Crippen molar-refractivity contribution in [2.75, 3.05) is 19.8 Å². The van der Waals surface area contributed by atoms with Crippen LogP contribution in [-0.4, -0.2) is 89.0 Å². The van der Waals surface area contributed by atoms with Crippen LogP contribution in [0.3, 0.4) is 0 Å². The van der Waals surface area contributed by atoms with Crippen LogP contribution >= 0.6 is 11.8 Å². The minimum absolute atomic E-state index is 0.0573. The van der Waals surface area contributed by atoms with Gasteiger partial charge in [-0.05, 0) is 31.4 Å². The maximum Gasteiger partial charge on any atom is 0.311 e. The van der Waals surface area contributed by atoms with Crippen molar-refractivity contribution in [1.29, 1.82) is 0 Å². The van der Waals surface area contributed by atoms with Crippen LogP contribution in [0.25, 0.3) is 11.0 Å². The van der Waals surface area contributed by atoms with E-state index in [9.17, 15) is 19.5 Å². The van der Waals surface area contributed by atoms with E-state index in [4.69, 9.17) is 4.74 Å². The lowest BCUT2D eigenvalue weighted by atomic mass is 9.74. The highest BCUT2D eigenvalue weighted by Gasteiger charge is 2.74. The summed E-state index contributed by atoms with van der Waals surface area (Å²) >= 11 is 1.51. The molecule has 1 spiro atoms. The number of nitrogens with zero attached hydrogens (tertiary/aromatic N) is 5. The van der Waals surface area contributed by atoms with Gasteiger partial charge in [0, 0.05) is 11.3 Å². The molecule has 0 saturated carbocycles. The van der Waals surface area contributed by atoms with Crippen LogP contribution in [0.15, 0.2) is 48.6 Å². The number of benzene rings is 1. The molecule has 1 N–H and O–H groups in total. The van der Waals surface area contributed by atoms with Crippen molar-refractivity contribution < 1.29 is 24.2 Å². The number of rotatable bonds is 6. The van der Waals surface area contributed by atoms with Crippen LogP contribution in [0.4, 0.5) is 0 Å². The number of esters is 1. The highest BCUT2D eigenvalue weighted by molar-refractivity contribution is 8.02. The average Bonchev–Trinajstić information content (AvgIpc) is 3.50. The molecule has 5 heterocycles. The number of carbonyl (C=O) groups excluding carboxylic acids is 3. The molecule has 2 fully saturated rings. The van der Waals surface area contributed by atoms with Crippen LogP contribution < -0.4 is 0 Å². The Kier molecular flexibility index (Phi) is 6.77. The van der Waals surface area contributed by atoms with Gasteiger partial charge in [0.15, 0.2) is 0 Å². The quantitative estimate of drug-likeness (QED) is 0.419. The summed E-state index contributed by atoms with van der Waals surface area (Å²) in [6.45, 7) is 6.40. The van der Waals surface area contributed by atoms with Gasteiger partial charge >= 0.3 is 5.97 Å². The second-order valence-corrected chi connectivity index (χ2v) is 13.2. The van der Waals surface area contributed by atoms with E-state index in [-0.39, 0.29) is 37.6 Å². The molecular formula is C29H35N5O5S. The average molecular weight is 566 g/mol. The number of aliphatic hydroxyl groups is 1. The first-order valence-corrected chi connectivity index (χ1v) is 14.8. The Bertz CT molecular complexity index is 1410. The van der Waals surface area contributed by atoms with Gasteiger partial charge in [-0.15, -0.1) is 16.9 Å². The molecule has 40 heavy (non-hydrogen) atoms. The van der Waals surface area contributed by atoms with Crippen molar-refractivity contribution >= 4 is 40.6 Å². The second-order valence-electron chi connectivity index (χ2n) is 11.4. The van der Waals surface area contributed by atoms with Gasteiger partial charge in [-0.2, -0.15) is 0 Å². The second kappa shape index (κ2) is 10.0. The lowest BCUT2D eigenvalue weighted by molar-refractivity contribution is -0.155. The first-order chi connectivity index (χ1) is 19.3. The van der Waals surface area contributed by atoms with Crippen LogP contribution in [0.1, 0.15) is 33.6 Å². The molecule has 10 nitrogen and oxygen atoms in total. The minimum Gasteiger partial charge on any atom is -0.465 e. The van der Waals surface area contributed by atoms with E-state index in [2.05, 4.69) is 10.3 Å². The molecule has 2 amide bonds. The zero-order valence-corrected chi connectivity index (χ0v) is 23.8. The summed E-state index contributed by atoms with van der Waals surface area (Å²) in [7, 11) is 0. The van der Waals surface area contributed by atoms with Crippen molar-refractivity contribution in [3.63, 3.8) is 0 Å². The van der Waals surface area contributed by atoms with E-state index in [1.807, 2.05) is 69.3 Å². The Balaban J connectivity index is 1.47. The molecule has 0 radical (unpaired) electrons. The number of thioether (sulfide) groups is 1. The maximum absolute atomic E-state index is 14.6. The summed E-state index contributed by atoms with van der Waals surface area (Å²) in [4.78, 5) is 45.9. The van der Waals surface area contributed by atoms with Crippen molar-refractivity contribution in [3.8, 4) is 0 Å². The Morgan fingerprint density at radius 1 is 1.15 bits per heavy atom. The van der Waals surface area contributed by atoms with Gasteiger partial charge in [-0.1, -0.05) is 61.9 Å². The van der Waals surface area contributed by atoms with Crippen molar-refractivity contribution in [2.45, 2.75) is 61.9 Å². The number of hydrogen-bond acceptors (Lipinski definition) is 8. The van der Waals surface area contributed by atoms with Crippen molar-refractivity contribution in [1.82, 2.24) is 24.8 Å². The summed E-state index contributed by atoms with van der Waals surface area (Å²) in [5, 5.41) is 19.1. The van der Waals surface area contributed by atoms with E-state index in [0.717, 1.165) is 17.5 Å². The predicted molar refractivity (Wildman–Crippen MR) is 150 cm³/mol. The lowest BCUT2D eigenvalue weighted by Gasteiger charge is -2.41. The van der Waals surface area contributed by atoms with Gasteiger partial charge in [0.1, 0.15) is 18.2 Å². The molecule has 0 aliphatic carbocycles. The molecule has 7 atom stereocenters. The standard InChI is InChI=1S/C29H35N5O5S/c1-4-18(2)21(16-35)34-24-26(37)32(17-33-20-11-6-5-10-19(20)30-31-33)14-9-13-29(24)22(25(34)36)23-27(38)39-15-8-7-12-28(23,3)40-29/h5-7,9-13,18,21-24,35H,4,8,14-17H2,1-3H3/t18-,21-,22-,23+,24?,28-,29-/m0/s1. The van der Waals surface area contributed by atoms with E-state index in [1.54, 1.807) is 14.5 Å². The smallest absolute Gasteiger partial charge is 0.311 e. The molecule has 4 aliphatic rings. The molecule has 1 unspecified atom stereocenters. The van der Waals surface area contributed by atoms with Gasteiger partial charge in [0.05, 0.1) is 41.4 Å². The van der Waals surface area contributed by atoms with E-state index in [1.165, 1.54) is 11.8 Å². The molecule has 11 heteroatoms. The van der Waals surface area contributed by atoms with Crippen LogP contribution in [0.5, 0.6) is 0 Å². The third kappa shape index (κ3) is 3.92. The third-order valence-electron chi connectivity index (χ3n) is 9.11. The molecule has 4 aliphatic heterocycles. The van der Waals surface area contributed by atoms with Crippen LogP contribution in [0, 0.1) is 17.8 Å². The van der Waals surface area contributed by atoms with Crippen molar-refractivity contribution in [2.24, 2.45) is 17.8 Å². The van der Waals surface area contributed by atoms with Gasteiger partial charge in [-0.25, -0.2) is 4.68 Å². The SMILES string of the molecule is CC[C@H](C)[C@H](CO)N1C(=O)[C@@H]2[C@@H]3C(=O)OCCC=C[C@]3(C)S[C@@]23C=CCN(Cn2nnc4ccccc42)C(=O)C13. The molecule has 212 valence electrons. The number of fused-ring (bicyclic) bond motifs is 3. The number of cyclic esters (lactones) is 1. The Morgan fingerprint density at radius 3 is 2.73 bits per heavy atom.